The van der Waals surface area contributed by atoms with E-state index >= 15 is 0 Å². The van der Waals surface area contributed by atoms with Gasteiger partial charge in [0.2, 0.25) is 5.82 Å². The lowest BCUT2D eigenvalue weighted by molar-refractivity contribution is -0.147. The van der Waals surface area contributed by atoms with E-state index in [1.807, 2.05) is 19.0 Å². The summed E-state index contributed by atoms with van der Waals surface area (Å²) in [5.74, 6) is -0.854. The molecule has 1 aromatic carbocycles. The lowest BCUT2D eigenvalue weighted by Gasteiger charge is -2.13. The topological polar surface area (TPSA) is 47.1 Å². The summed E-state index contributed by atoms with van der Waals surface area (Å²) in [7, 11) is 3.88. The Bertz CT molecular complexity index is 616. The zero-order chi connectivity index (χ0) is 15.6. The Labute approximate surface area is 121 Å². The average Bonchev–Trinajstić information content (AvgIpc) is 2.72. The summed E-state index contributed by atoms with van der Waals surface area (Å²) in [5, 5.41) is 0. The summed E-state index contributed by atoms with van der Waals surface area (Å²) in [5.41, 5.74) is 6.78. The SMILES string of the molecule is CN(C)CCCCn1c(C(F)(F)F)nc2cc(N)ccc21. The molecule has 4 nitrogen and oxygen atoms in total. The largest absolute Gasteiger partial charge is 0.449 e. The summed E-state index contributed by atoms with van der Waals surface area (Å²) in [6.45, 7) is 1.14. The highest BCUT2D eigenvalue weighted by molar-refractivity contribution is 5.79. The minimum atomic E-state index is -4.46. The van der Waals surface area contributed by atoms with Gasteiger partial charge in [-0.1, -0.05) is 0 Å². The first-order chi connectivity index (χ1) is 9.79. The fourth-order valence-corrected chi connectivity index (χ4v) is 2.29. The molecule has 21 heavy (non-hydrogen) atoms. The first-order valence-electron chi connectivity index (χ1n) is 6.76. The molecule has 1 heterocycles. The second-order valence-corrected chi connectivity index (χ2v) is 5.34. The molecule has 1 aromatic heterocycles. The number of aromatic nitrogens is 2. The van der Waals surface area contributed by atoms with Crippen LogP contribution in [0, 0.1) is 0 Å². The minimum absolute atomic E-state index is 0.287. The average molecular weight is 300 g/mol. The van der Waals surface area contributed by atoms with Crippen molar-refractivity contribution in [2.45, 2.75) is 25.6 Å². The number of nitrogens with two attached hydrogens (primary N) is 1. The van der Waals surface area contributed by atoms with Crippen molar-refractivity contribution in [3.05, 3.63) is 24.0 Å². The maximum absolute atomic E-state index is 13.1. The molecule has 2 aromatic rings. The fourth-order valence-electron chi connectivity index (χ4n) is 2.29. The third kappa shape index (κ3) is 3.66. The molecule has 0 aliphatic rings. The maximum atomic E-state index is 13.1. The van der Waals surface area contributed by atoms with E-state index in [0.29, 0.717) is 24.2 Å². The van der Waals surface area contributed by atoms with Crippen LogP contribution in [-0.2, 0) is 12.7 Å². The molecule has 0 saturated carbocycles. The molecule has 0 radical (unpaired) electrons. The van der Waals surface area contributed by atoms with Crippen LogP contribution in [-0.4, -0.2) is 35.1 Å². The van der Waals surface area contributed by atoms with Gasteiger partial charge in [0.05, 0.1) is 11.0 Å². The van der Waals surface area contributed by atoms with Gasteiger partial charge in [-0.15, -0.1) is 0 Å². The van der Waals surface area contributed by atoms with E-state index in [0.717, 1.165) is 13.0 Å². The number of hydrogen-bond acceptors (Lipinski definition) is 3. The van der Waals surface area contributed by atoms with Gasteiger partial charge in [-0.3, -0.25) is 0 Å². The van der Waals surface area contributed by atoms with E-state index in [1.165, 1.54) is 10.6 Å². The molecular weight excluding hydrogens is 281 g/mol. The summed E-state index contributed by atoms with van der Waals surface area (Å²) < 4.78 is 40.5. The summed E-state index contributed by atoms with van der Waals surface area (Å²) in [6.07, 6.45) is -2.97. The minimum Gasteiger partial charge on any atom is -0.399 e. The first kappa shape index (κ1) is 15.6. The molecule has 0 fully saturated rings. The zero-order valence-electron chi connectivity index (χ0n) is 12.1. The third-order valence-corrected chi connectivity index (χ3v) is 3.26. The summed E-state index contributed by atoms with van der Waals surface area (Å²) >= 11 is 0. The Morgan fingerprint density at radius 3 is 2.57 bits per heavy atom. The molecule has 0 saturated heterocycles. The summed E-state index contributed by atoms with van der Waals surface area (Å²) in [4.78, 5) is 5.72. The van der Waals surface area contributed by atoms with Crippen LogP contribution in [0.5, 0.6) is 0 Å². The first-order valence-corrected chi connectivity index (χ1v) is 6.76. The Morgan fingerprint density at radius 1 is 1.24 bits per heavy atom. The van der Waals surface area contributed by atoms with E-state index in [9.17, 15) is 13.2 Å². The van der Waals surface area contributed by atoms with Gasteiger partial charge < -0.3 is 15.2 Å². The van der Waals surface area contributed by atoms with Gasteiger partial charge in [-0.05, 0) is 51.7 Å². The number of unbranched alkanes of at least 4 members (excludes halogenated alkanes) is 1. The van der Waals surface area contributed by atoms with Crippen molar-refractivity contribution < 1.29 is 13.2 Å². The maximum Gasteiger partial charge on any atom is 0.449 e. The molecule has 0 bridgehead atoms. The molecule has 0 aliphatic carbocycles. The van der Waals surface area contributed by atoms with Crippen molar-refractivity contribution in [2.24, 2.45) is 0 Å². The van der Waals surface area contributed by atoms with E-state index < -0.39 is 12.0 Å². The van der Waals surface area contributed by atoms with E-state index in [-0.39, 0.29) is 5.52 Å². The number of rotatable bonds is 5. The second-order valence-electron chi connectivity index (χ2n) is 5.34. The highest BCUT2D eigenvalue weighted by Gasteiger charge is 2.37. The Morgan fingerprint density at radius 2 is 1.95 bits per heavy atom. The van der Waals surface area contributed by atoms with Gasteiger partial charge in [0.1, 0.15) is 0 Å². The van der Waals surface area contributed by atoms with Gasteiger partial charge >= 0.3 is 6.18 Å². The quantitative estimate of drug-likeness (QED) is 0.682. The molecule has 2 rings (SSSR count). The zero-order valence-corrected chi connectivity index (χ0v) is 12.1. The second kappa shape index (κ2) is 5.93. The number of anilines is 1. The number of nitrogen functional groups attached to an aromatic ring is 1. The van der Waals surface area contributed by atoms with Crippen LogP contribution in [0.1, 0.15) is 18.7 Å². The Balaban J connectivity index is 2.30. The molecule has 0 spiro atoms. The van der Waals surface area contributed by atoms with Crippen LogP contribution in [0.2, 0.25) is 0 Å². The highest BCUT2D eigenvalue weighted by Crippen LogP contribution is 2.32. The third-order valence-electron chi connectivity index (χ3n) is 3.26. The highest BCUT2D eigenvalue weighted by atomic mass is 19.4. The van der Waals surface area contributed by atoms with E-state index in [4.69, 9.17) is 5.73 Å². The van der Waals surface area contributed by atoms with Crippen molar-refractivity contribution in [1.29, 1.82) is 0 Å². The number of aryl methyl sites for hydroxylation is 1. The van der Waals surface area contributed by atoms with Crippen molar-refractivity contribution >= 4 is 16.7 Å². The Hall–Kier alpha value is -1.76. The van der Waals surface area contributed by atoms with Crippen molar-refractivity contribution in [1.82, 2.24) is 14.5 Å². The van der Waals surface area contributed by atoms with Crippen LogP contribution in [0.3, 0.4) is 0 Å². The summed E-state index contributed by atoms with van der Waals surface area (Å²) in [6, 6.07) is 4.67. The molecule has 0 atom stereocenters. The lowest BCUT2D eigenvalue weighted by atomic mass is 10.2. The van der Waals surface area contributed by atoms with Crippen LogP contribution in [0.4, 0.5) is 18.9 Å². The van der Waals surface area contributed by atoms with Crippen LogP contribution < -0.4 is 5.73 Å². The van der Waals surface area contributed by atoms with Crippen LogP contribution in [0.15, 0.2) is 18.2 Å². The monoisotopic (exact) mass is 300 g/mol. The van der Waals surface area contributed by atoms with Crippen LogP contribution >= 0.6 is 0 Å². The van der Waals surface area contributed by atoms with Crippen molar-refractivity contribution in [2.75, 3.05) is 26.4 Å². The van der Waals surface area contributed by atoms with Gasteiger partial charge in [-0.25, -0.2) is 4.98 Å². The lowest BCUT2D eigenvalue weighted by Crippen LogP contribution is -2.17. The number of imidazole rings is 1. The number of nitrogens with zero attached hydrogens (tertiary/aromatic N) is 3. The predicted octanol–water partition coefficient (Wildman–Crippen LogP) is 2.98. The normalized spacial score (nSPS) is 12.5. The molecular formula is C14H19F3N4. The van der Waals surface area contributed by atoms with E-state index in [1.54, 1.807) is 12.1 Å². The molecule has 0 amide bonds. The van der Waals surface area contributed by atoms with E-state index in [2.05, 4.69) is 4.98 Å². The predicted molar refractivity (Wildman–Crippen MR) is 76.9 cm³/mol. The van der Waals surface area contributed by atoms with Gasteiger partial charge in [-0.2, -0.15) is 13.2 Å². The molecule has 7 heteroatoms. The van der Waals surface area contributed by atoms with Gasteiger partial charge in [0.15, 0.2) is 0 Å². The number of hydrogen-bond donors (Lipinski definition) is 1. The molecule has 0 unspecified atom stereocenters. The van der Waals surface area contributed by atoms with Gasteiger partial charge in [0.25, 0.3) is 0 Å². The molecule has 116 valence electrons. The molecule has 2 N–H and O–H groups in total. The van der Waals surface area contributed by atoms with Crippen molar-refractivity contribution in [3.8, 4) is 0 Å². The number of benzene rings is 1. The van der Waals surface area contributed by atoms with Gasteiger partial charge in [0, 0.05) is 12.2 Å². The smallest absolute Gasteiger partial charge is 0.399 e. The molecule has 0 aliphatic heterocycles. The number of alkyl halides is 3. The van der Waals surface area contributed by atoms with Crippen LogP contribution in [0.25, 0.3) is 11.0 Å². The Kier molecular flexibility index (Phi) is 4.41. The fraction of sp³-hybridized carbons (Fsp3) is 0.500. The standard InChI is InChI=1S/C14H19F3N4/c1-20(2)7-3-4-8-21-12-6-5-10(18)9-11(12)19-13(21)14(15,16)17/h5-6,9H,3-4,7-8,18H2,1-2H3. The number of halogens is 3. The van der Waals surface area contributed by atoms with Crippen molar-refractivity contribution in [3.63, 3.8) is 0 Å². The number of fused-ring (bicyclic) bond motifs is 1.